The summed E-state index contributed by atoms with van der Waals surface area (Å²) in [6.45, 7) is 2.55. The Morgan fingerprint density at radius 1 is 1.10 bits per heavy atom. The van der Waals surface area contributed by atoms with Crippen molar-refractivity contribution in [2.45, 2.75) is 38.8 Å². The topological polar surface area (TPSA) is 78.5 Å². The van der Waals surface area contributed by atoms with Crippen LogP contribution in [0.1, 0.15) is 43.4 Å². The molecule has 29 heavy (non-hydrogen) atoms. The first-order valence-corrected chi connectivity index (χ1v) is 9.99. The fourth-order valence-corrected chi connectivity index (χ4v) is 3.49. The Balaban J connectivity index is 1.56. The number of benzene rings is 2. The Labute approximate surface area is 175 Å². The molecule has 1 aliphatic heterocycles. The number of halogens is 1. The Hall–Kier alpha value is -2.86. The standard InChI is InChI=1S/C22H24ClN3O3/c1-15(27)25-20(17-6-8-18(23)9-7-17)13-21(28)24-14-16-4-10-19(11-5-16)26-12-2-3-22(26)29/h4-11,20H,2-3,12-14H2,1H3,(H,24,28)(H,25,27)/t20-/m0/s1. The third kappa shape index (κ3) is 5.81. The molecule has 3 amide bonds. The zero-order valence-electron chi connectivity index (χ0n) is 16.3. The number of carbonyl (C=O) groups excluding carboxylic acids is 3. The van der Waals surface area contributed by atoms with Crippen LogP contribution in [0.3, 0.4) is 0 Å². The molecule has 0 spiro atoms. The van der Waals surface area contributed by atoms with Crippen molar-refractivity contribution in [3.8, 4) is 0 Å². The molecule has 2 aromatic rings. The van der Waals surface area contributed by atoms with Crippen molar-refractivity contribution < 1.29 is 14.4 Å². The molecule has 0 aromatic heterocycles. The van der Waals surface area contributed by atoms with Gasteiger partial charge in [-0.15, -0.1) is 0 Å². The van der Waals surface area contributed by atoms with E-state index in [2.05, 4.69) is 10.6 Å². The average Bonchev–Trinajstić information content (AvgIpc) is 3.12. The minimum atomic E-state index is -0.423. The van der Waals surface area contributed by atoms with Crippen molar-refractivity contribution >= 4 is 35.0 Å². The maximum absolute atomic E-state index is 12.4. The highest BCUT2D eigenvalue weighted by atomic mass is 35.5. The molecule has 2 aromatic carbocycles. The number of hydrogen-bond acceptors (Lipinski definition) is 3. The molecule has 1 saturated heterocycles. The van der Waals surface area contributed by atoms with Crippen LogP contribution in [0.15, 0.2) is 48.5 Å². The number of amides is 3. The number of nitrogens with zero attached hydrogens (tertiary/aromatic N) is 1. The van der Waals surface area contributed by atoms with Crippen molar-refractivity contribution in [1.29, 1.82) is 0 Å². The molecule has 152 valence electrons. The molecule has 1 heterocycles. The van der Waals surface area contributed by atoms with Gasteiger partial charge in [0.15, 0.2) is 0 Å². The minimum absolute atomic E-state index is 0.127. The quantitative estimate of drug-likeness (QED) is 0.730. The van der Waals surface area contributed by atoms with Gasteiger partial charge in [-0.05, 0) is 41.8 Å². The van der Waals surface area contributed by atoms with Gasteiger partial charge in [-0.25, -0.2) is 0 Å². The summed E-state index contributed by atoms with van der Waals surface area (Å²) in [6, 6.07) is 14.3. The Kier molecular flexibility index (Phi) is 6.88. The zero-order valence-corrected chi connectivity index (χ0v) is 17.0. The number of anilines is 1. The first-order valence-electron chi connectivity index (χ1n) is 9.61. The Bertz CT molecular complexity index is 881. The summed E-state index contributed by atoms with van der Waals surface area (Å²) in [5.41, 5.74) is 2.65. The van der Waals surface area contributed by atoms with Crippen molar-refractivity contribution in [1.82, 2.24) is 10.6 Å². The van der Waals surface area contributed by atoms with E-state index in [0.29, 0.717) is 18.0 Å². The Morgan fingerprint density at radius 3 is 2.38 bits per heavy atom. The summed E-state index contributed by atoms with van der Waals surface area (Å²) < 4.78 is 0. The lowest BCUT2D eigenvalue weighted by Gasteiger charge is -2.18. The molecule has 2 N–H and O–H groups in total. The molecule has 0 saturated carbocycles. The summed E-state index contributed by atoms with van der Waals surface area (Å²) in [5.74, 6) is -0.223. The van der Waals surface area contributed by atoms with Gasteiger partial charge in [0.2, 0.25) is 17.7 Å². The lowest BCUT2D eigenvalue weighted by atomic mass is 10.0. The monoisotopic (exact) mass is 413 g/mol. The van der Waals surface area contributed by atoms with E-state index in [4.69, 9.17) is 11.6 Å². The van der Waals surface area contributed by atoms with Gasteiger partial charge in [-0.3, -0.25) is 14.4 Å². The van der Waals surface area contributed by atoms with Crippen LogP contribution in [0, 0.1) is 0 Å². The van der Waals surface area contributed by atoms with Gasteiger partial charge >= 0.3 is 0 Å². The van der Waals surface area contributed by atoms with E-state index >= 15 is 0 Å². The molecule has 0 radical (unpaired) electrons. The van der Waals surface area contributed by atoms with Crippen LogP contribution < -0.4 is 15.5 Å². The molecule has 1 fully saturated rings. The van der Waals surface area contributed by atoms with Crippen LogP contribution in [-0.2, 0) is 20.9 Å². The van der Waals surface area contributed by atoms with Crippen molar-refractivity contribution in [3.63, 3.8) is 0 Å². The van der Waals surface area contributed by atoms with Crippen molar-refractivity contribution in [2.24, 2.45) is 0 Å². The van der Waals surface area contributed by atoms with E-state index < -0.39 is 6.04 Å². The van der Waals surface area contributed by atoms with Crippen molar-refractivity contribution in [2.75, 3.05) is 11.4 Å². The van der Waals surface area contributed by atoms with Gasteiger partial charge in [0, 0.05) is 37.1 Å². The van der Waals surface area contributed by atoms with Gasteiger partial charge in [0.05, 0.1) is 12.5 Å². The number of carbonyl (C=O) groups is 3. The van der Waals surface area contributed by atoms with Crippen LogP contribution in [0.2, 0.25) is 5.02 Å². The van der Waals surface area contributed by atoms with E-state index in [-0.39, 0.29) is 24.1 Å². The Morgan fingerprint density at radius 2 is 1.79 bits per heavy atom. The van der Waals surface area contributed by atoms with E-state index in [0.717, 1.165) is 29.8 Å². The molecule has 1 atom stereocenters. The summed E-state index contributed by atoms with van der Waals surface area (Å²) in [4.78, 5) is 37.6. The van der Waals surface area contributed by atoms with E-state index in [1.54, 1.807) is 29.2 Å². The highest BCUT2D eigenvalue weighted by Gasteiger charge is 2.21. The summed E-state index contributed by atoms with van der Waals surface area (Å²) in [5, 5.41) is 6.29. The van der Waals surface area contributed by atoms with Gasteiger partial charge in [0.1, 0.15) is 0 Å². The number of nitrogens with one attached hydrogen (secondary N) is 2. The maximum atomic E-state index is 12.4. The molecule has 1 aliphatic rings. The average molecular weight is 414 g/mol. The smallest absolute Gasteiger partial charge is 0.227 e. The van der Waals surface area contributed by atoms with Crippen LogP contribution >= 0.6 is 11.6 Å². The fourth-order valence-electron chi connectivity index (χ4n) is 3.37. The maximum Gasteiger partial charge on any atom is 0.227 e. The predicted octanol–water partition coefficient (Wildman–Crippen LogP) is 3.35. The van der Waals surface area contributed by atoms with E-state index in [1.807, 2.05) is 24.3 Å². The molecule has 0 aliphatic carbocycles. The largest absolute Gasteiger partial charge is 0.352 e. The van der Waals surface area contributed by atoms with E-state index in [1.165, 1.54) is 6.92 Å². The molecule has 3 rings (SSSR count). The predicted molar refractivity (Wildman–Crippen MR) is 113 cm³/mol. The second-order valence-corrected chi connectivity index (χ2v) is 7.54. The first kappa shape index (κ1) is 20.9. The van der Waals surface area contributed by atoms with Crippen molar-refractivity contribution in [3.05, 3.63) is 64.7 Å². The first-order chi connectivity index (χ1) is 13.9. The number of rotatable bonds is 7. The normalized spacial score (nSPS) is 14.6. The second-order valence-electron chi connectivity index (χ2n) is 7.10. The zero-order chi connectivity index (χ0) is 20.8. The van der Waals surface area contributed by atoms with Crippen LogP contribution in [0.5, 0.6) is 0 Å². The second kappa shape index (κ2) is 9.56. The van der Waals surface area contributed by atoms with Gasteiger partial charge < -0.3 is 15.5 Å². The molecule has 7 heteroatoms. The third-order valence-corrected chi connectivity index (χ3v) is 5.10. The summed E-state index contributed by atoms with van der Waals surface area (Å²) in [7, 11) is 0. The van der Waals surface area contributed by atoms with E-state index in [9.17, 15) is 14.4 Å². The molecular weight excluding hydrogens is 390 g/mol. The van der Waals surface area contributed by atoms with Gasteiger partial charge in [-0.2, -0.15) is 0 Å². The summed E-state index contributed by atoms with van der Waals surface area (Å²) in [6.07, 6.45) is 1.61. The van der Waals surface area contributed by atoms with Crippen LogP contribution in [0.4, 0.5) is 5.69 Å². The fraction of sp³-hybridized carbons (Fsp3) is 0.318. The van der Waals surface area contributed by atoms with Crippen LogP contribution in [-0.4, -0.2) is 24.3 Å². The highest BCUT2D eigenvalue weighted by molar-refractivity contribution is 6.30. The highest BCUT2D eigenvalue weighted by Crippen LogP contribution is 2.22. The molecule has 0 unspecified atom stereocenters. The number of hydrogen-bond donors (Lipinski definition) is 2. The lowest BCUT2D eigenvalue weighted by Crippen LogP contribution is -2.32. The molecule has 6 nitrogen and oxygen atoms in total. The van der Waals surface area contributed by atoms with Crippen LogP contribution in [0.25, 0.3) is 0 Å². The molecule has 0 bridgehead atoms. The SMILES string of the molecule is CC(=O)N[C@@H](CC(=O)NCc1ccc(N2CCCC2=O)cc1)c1ccc(Cl)cc1. The molecular formula is C22H24ClN3O3. The summed E-state index contributed by atoms with van der Waals surface area (Å²) >= 11 is 5.92. The third-order valence-electron chi connectivity index (χ3n) is 4.85. The minimum Gasteiger partial charge on any atom is -0.352 e. The van der Waals surface area contributed by atoms with Gasteiger partial charge in [-0.1, -0.05) is 35.9 Å². The lowest BCUT2D eigenvalue weighted by molar-refractivity contribution is -0.123. The van der Waals surface area contributed by atoms with Gasteiger partial charge in [0.25, 0.3) is 0 Å².